The summed E-state index contributed by atoms with van der Waals surface area (Å²) in [4.78, 5) is 21.3. The number of benzene rings is 2. The fraction of sp³-hybridized carbons (Fsp3) is 0.346. The second-order valence-corrected chi connectivity index (χ2v) is 8.24. The monoisotopic (exact) mass is 454 g/mol. The van der Waals surface area contributed by atoms with Gasteiger partial charge in [0.2, 0.25) is 0 Å². The molecule has 0 unspecified atom stereocenters. The Balaban J connectivity index is 0.00000306. The average Bonchev–Trinajstić information content (AvgIpc) is 2.84. The standard InChI is InChI=1S/C26H28N2O4.Na/c1-18(26(29)30)28-32-25(20-8-3-2-4-9-20)21-12-15-23(16-13-21)31-17-22-14-11-19-7-5-6-10-24(19)27-22;/h5-7,10-16,20,25H,2-4,8-9,17H2,1H3,(H,29,30);/q;+1/p-1/b28-18+;/t25-;/m0./s1. The number of hydrogen-bond donors (Lipinski definition) is 0. The number of pyridine rings is 1. The van der Waals surface area contributed by atoms with Gasteiger partial charge in [-0.25, -0.2) is 4.98 Å². The van der Waals surface area contributed by atoms with Crippen molar-refractivity contribution in [2.45, 2.75) is 51.7 Å². The van der Waals surface area contributed by atoms with Gasteiger partial charge in [-0.1, -0.05) is 60.8 Å². The number of hydrogen-bond acceptors (Lipinski definition) is 6. The van der Waals surface area contributed by atoms with E-state index in [0.717, 1.165) is 53.6 Å². The summed E-state index contributed by atoms with van der Waals surface area (Å²) in [5.74, 6) is -0.283. The van der Waals surface area contributed by atoms with Crippen LogP contribution in [0.2, 0.25) is 0 Å². The zero-order chi connectivity index (χ0) is 22.3. The maximum Gasteiger partial charge on any atom is 1.00 e. The molecule has 1 aromatic heterocycles. The molecule has 0 radical (unpaired) electrons. The van der Waals surface area contributed by atoms with Gasteiger partial charge in [0.15, 0.2) is 6.10 Å². The van der Waals surface area contributed by atoms with Crippen molar-refractivity contribution in [2.75, 3.05) is 0 Å². The minimum Gasteiger partial charge on any atom is -0.543 e. The topological polar surface area (TPSA) is 83.8 Å². The van der Waals surface area contributed by atoms with Crippen LogP contribution in [-0.4, -0.2) is 16.7 Å². The Morgan fingerprint density at radius 3 is 2.52 bits per heavy atom. The molecule has 0 N–H and O–H groups in total. The van der Waals surface area contributed by atoms with Gasteiger partial charge in [-0.05, 0) is 49.6 Å². The summed E-state index contributed by atoms with van der Waals surface area (Å²) >= 11 is 0. The number of carbonyl (C=O) groups is 1. The van der Waals surface area contributed by atoms with Gasteiger partial charge in [0, 0.05) is 11.3 Å². The molecule has 7 heteroatoms. The van der Waals surface area contributed by atoms with Crippen LogP contribution in [0.25, 0.3) is 10.9 Å². The fourth-order valence-corrected chi connectivity index (χ4v) is 4.13. The Labute approximate surface area is 216 Å². The Kier molecular flexibility index (Phi) is 9.30. The van der Waals surface area contributed by atoms with Crippen LogP contribution in [0.4, 0.5) is 0 Å². The molecule has 1 saturated carbocycles. The molecule has 2 aromatic carbocycles. The molecule has 1 atom stereocenters. The quantitative estimate of drug-likeness (QED) is 0.293. The third-order valence-electron chi connectivity index (χ3n) is 5.93. The largest absolute Gasteiger partial charge is 1.00 e. The van der Waals surface area contributed by atoms with Crippen LogP contribution >= 0.6 is 0 Å². The molecule has 0 saturated heterocycles. The molecule has 1 aliphatic carbocycles. The molecule has 1 heterocycles. The summed E-state index contributed by atoms with van der Waals surface area (Å²) in [6.07, 6.45) is 5.30. The Bertz CT molecular complexity index is 1090. The number of carboxylic acid groups (broad SMARTS) is 1. The van der Waals surface area contributed by atoms with E-state index in [1.165, 1.54) is 13.3 Å². The van der Waals surface area contributed by atoms with Gasteiger partial charge in [-0.15, -0.1) is 0 Å². The predicted molar refractivity (Wildman–Crippen MR) is 121 cm³/mol. The van der Waals surface area contributed by atoms with E-state index in [2.05, 4.69) is 10.1 Å². The van der Waals surface area contributed by atoms with Crippen molar-refractivity contribution in [3.05, 3.63) is 71.9 Å². The number of nitrogens with zero attached hydrogens (tertiary/aromatic N) is 2. The van der Waals surface area contributed by atoms with Crippen LogP contribution in [0.1, 0.15) is 56.4 Å². The number of carbonyl (C=O) groups excluding carboxylic acids is 1. The van der Waals surface area contributed by atoms with E-state index >= 15 is 0 Å². The number of oxime groups is 1. The second kappa shape index (κ2) is 12.2. The van der Waals surface area contributed by atoms with Crippen molar-refractivity contribution in [3.63, 3.8) is 0 Å². The molecule has 3 aromatic rings. The number of carboxylic acids is 1. The van der Waals surface area contributed by atoms with E-state index in [9.17, 15) is 9.90 Å². The number of para-hydroxylation sites is 1. The minimum atomic E-state index is -1.32. The van der Waals surface area contributed by atoms with Gasteiger partial charge in [0.1, 0.15) is 12.4 Å². The molecule has 4 rings (SSSR count). The Morgan fingerprint density at radius 2 is 1.79 bits per heavy atom. The van der Waals surface area contributed by atoms with Crippen LogP contribution in [0, 0.1) is 5.92 Å². The fourth-order valence-electron chi connectivity index (χ4n) is 4.13. The molecule has 166 valence electrons. The summed E-state index contributed by atoms with van der Waals surface area (Å²) in [6, 6.07) is 19.8. The molecule has 0 spiro atoms. The summed E-state index contributed by atoms with van der Waals surface area (Å²) < 4.78 is 5.93. The van der Waals surface area contributed by atoms with Gasteiger partial charge >= 0.3 is 29.6 Å². The number of fused-ring (bicyclic) bond motifs is 1. The number of rotatable bonds is 8. The van der Waals surface area contributed by atoms with Crippen molar-refractivity contribution < 1.29 is 49.0 Å². The second-order valence-electron chi connectivity index (χ2n) is 8.24. The third kappa shape index (κ3) is 6.79. The van der Waals surface area contributed by atoms with Crippen LogP contribution in [-0.2, 0) is 16.2 Å². The zero-order valence-electron chi connectivity index (χ0n) is 19.2. The SMILES string of the molecule is C/C(=N\O[C@H](c1ccc(OCc2ccc3ccccc3n2)cc1)C1CCCCC1)C(=O)[O-].[Na+]. The third-order valence-corrected chi connectivity index (χ3v) is 5.93. The van der Waals surface area contributed by atoms with E-state index in [1.54, 1.807) is 0 Å². The Morgan fingerprint density at radius 1 is 1.06 bits per heavy atom. The molecule has 0 bridgehead atoms. The average molecular weight is 455 g/mol. The summed E-state index contributed by atoms with van der Waals surface area (Å²) in [6.45, 7) is 1.76. The minimum absolute atomic E-state index is 0. The smallest absolute Gasteiger partial charge is 0.543 e. The molecule has 6 nitrogen and oxygen atoms in total. The van der Waals surface area contributed by atoms with Gasteiger partial charge in [-0.3, -0.25) is 0 Å². The van der Waals surface area contributed by atoms with Crippen LogP contribution in [0.15, 0.2) is 65.8 Å². The van der Waals surface area contributed by atoms with Gasteiger partial charge < -0.3 is 19.5 Å². The van der Waals surface area contributed by atoms with Crippen molar-refractivity contribution in [3.8, 4) is 5.75 Å². The number of ether oxygens (including phenoxy) is 1. The van der Waals surface area contributed by atoms with Crippen LogP contribution < -0.4 is 39.4 Å². The van der Waals surface area contributed by atoms with Gasteiger partial charge in [-0.2, -0.15) is 0 Å². The van der Waals surface area contributed by atoms with E-state index < -0.39 is 5.97 Å². The van der Waals surface area contributed by atoms with Crippen LogP contribution in [0.5, 0.6) is 5.75 Å². The summed E-state index contributed by atoms with van der Waals surface area (Å²) in [7, 11) is 0. The first kappa shape index (κ1) is 25.2. The maximum absolute atomic E-state index is 11.0. The zero-order valence-corrected chi connectivity index (χ0v) is 21.2. The first-order chi connectivity index (χ1) is 15.6. The van der Waals surface area contributed by atoms with E-state index in [-0.39, 0.29) is 41.4 Å². The number of aromatic nitrogens is 1. The number of aliphatic carboxylic acids is 1. The van der Waals surface area contributed by atoms with Crippen LogP contribution in [0.3, 0.4) is 0 Å². The molecule has 1 fully saturated rings. The first-order valence-electron chi connectivity index (χ1n) is 11.1. The molecular weight excluding hydrogens is 427 g/mol. The molecule has 1 aliphatic rings. The normalized spacial score (nSPS) is 15.5. The van der Waals surface area contributed by atoms with Crippen molar-refractivity contribution in [2.24, 2.45) is 11.1 Å². The first-order valence-corrected chi connectivity index (χ1v) is 11.1. The summed E-state index contributed by atoms with van der Waals surface area (Å²) in [5, 5.41) is 15.9. The molecule has 33 heavy (non-hydrogen) atoms. The predicted octanol–water partition coefficient (Wildman–Crippen LogP) is 1.58. The summed E-state index contributed by atoms with van der Waals surface area (Å²) in [5.41, 5.74) is 2.61. The Hall–Kier alpha value is -2.41. The van der Waals surface area contributed by atoms with Crippen molar-refractivity contribution in [1.82, 2.24) is 4.98 Å². The van der Waals surface area contributed by atoms with Crippen molar-refractivity contribution in [1.29, 1.82) is 0 Å². The van der Waals surface area contributed by atoms with Crippen molar-refractivity contribution >= 4 is 22.6 Å². The van der Waals surface area contributed by atoms with E-state index in [0.29, 0.717) is 12.5 Å². The molecule has 0 aliphatic heterocycles. The molecular formula is C26H27N2NaO4. The van der Waals surface area contributed by atoms with E-state index in [1.807, 2.05) is 60.7 Å². The van der Waals surface area contributed by atoms with Gasteiger partial charge in [0.05, 0.1) is 22.9 Å². The van der Waals surface area contributed by atoms with Gasteiger partial charge in [0.25, 0.3) is 0 Å². The van der Waals surface area contributed by atoms with E-state index in [4.69, 9.17) is 9.57 Å². The maximum atomic E-state index is 11.0. The molecule has 0 amide bonds.